The van der Waals surface area contributed by atoms with E-state index < -0.39 is 0 Å². The predicted octanol–water partition coefficient (Wildman–Crippen LogP) is 3.53. The largest absolute Gasteiger partial charge is 0.472 e. The Kier molecular flexibility index (Phi) is 3.29. The minimum Gasteiger partial charge on any atom is -0.472 e. The topological polar surface area (TPSA) is 38.1 Å². The van der Waals surface area contributed by atoms with Gasteiger partial charge in [0.1, 0.15) is 0 Å². The molecule has 0 fully saturated rings. The van der Waals surface area contributed by atoms with Gasteiger partial charge < -0.3 is 9.73 Å². The molecule has 96 valence electrons. The van der Waals surface area contributed by atoms with Crippen LogP contribution in [0.4, 0.5) is 0 Å². The van der Waals surface area contributed by atoms with E-state index in [1.807, 2.05) is 18.3 Å². The molecule has 0 radical (unpaired) electrons. The van der Waals surface area contributed by atoms with Gasteiger partial charge in [0.15, 0.2) is 0 Å². The first-order valence-corrected chi connectivity index (χ1v) is 6.48. The maximum absolute atomic E-state index is 5.20. The second-order valence-corrected chi connectivity index (χ2v) is 4.50. The van der Waals surface area contributed by atoms with Gasteiger partial charge in [-0.15, -0.1) is 0 Å². The van der Waals surface area contributed by atoms with Crippen LogP contribution < -0.4 is 5.32 Å². The molecule has 3 nitrogen and oxygen atoms in total. The average molecular weight is 252 g/mol. The van der Waals surface area contributed by atoms with Crippen molar-refractivity contribution in [3.05, 3.63) is 66.2 Å². The summed E-state index contributed by atoms with van der Waals surface area (Å²) in [5.74, 6) is 0. The molecule has 0 aliphatic rings. The normalized spacial score (nSPS) is 12.7. The monoisotopic (exact) mass is 252 g/mol. The molecule has 19 heavy (non-hydrogen) atoms. The lowest BCUT2D eigenvalue weighted by molar-refractivity contribution is 0.553. The van der Waals surface area contributed by atoms with Crippen molar-refractivity contribution in [1.82, 2.24) is 10.3 Å². The van der Waals surface area contributed by atoms with Gasteiger partial charge in [-0.25, -0.2) is 0 Å². The van der Waals surface area contributed by atoms with E-state index in [1.54, 1.807) is 12.5 Å². The van der Waals surface area contributed by atoms with Crippen LogP contribution in [0.25, 0.3) is 10.9 Å². The van der Waals surface area contributed by atoms with Crippen molar-refractivity contribution in [2.24, 2.45) is 0 Å². The van der Waals surface area contributed by atoms with Crippen molar-refractivity contribution in [3.8, 4) is 0 Å². The molecule has 1 unspecified atom stereocenters. The van der Waals surface area contributed by atoms with E-state index in [0.29, 0.717) is 0 Å². The summed E-state index contributed by atoms with van der Waals surface area (Å²) in [6.45, 7) is 3.01. The van der Waals surface area contributed by atoms with Gasteiger partial charge in [0, 0.05) is 17.1 Å². The fraction of sp³-hybridized carbons (Fsp3) is 0.188. The molecule has 0 aliphatic carbocycles. The summed E-state index contributed by atoms with van der Waals surface area (Å²) in [6.07, 6.45) is 5.32. The average Bonchev–Trinajstić information content (AvgIpc) is 2.98. The Labute approximate surface area is 112 Å². The van der Waals surface area contributed by atoms with E-state index in [4.69, 9.17) is 4.42 Å². The zero-order valence-electron chi connectivity index (χ0n) is 10.8. The number of benzene rings is 1. The Hall–Kier alpha value is -2.13. The van der Waals surface area contributed by atoms with Crippen LogP contribution in [0.5, 0.6) is 0 Å². The molecule has 3 heteroatoms. The van der Waals surface area contributed by atoms with Crippen LogP contribution in [0.1, 0.15) is 24.1 Å². The Morgan fingerprint density at radius 1 is 1.21 bits per heavy atom. The molecule has 2 heterocycles. The molecule has 2 aromatic heterocycles. The number of hydrogen-bond donors (Lipinski definition) is 1. The quantitative estimate of drug-likeness (QED) is 0.772. The summed E-state index contributed by atoms with van der Waals surface area (Å²) in [5.41, 5.74) is 3.39. The highest BCUT2D eigenvalue weighted by Crippen LogP contribution is 2.25. The van der Waals surface area contributed by atoms with E-state index in [-0.39, 0.29) is 6.04 Å². The number of nitrogens with zero attached hydrogens (tertiary/aromatic N) is 1. The number of pyridine rings is 1. The lowest BCUT2D eigenvalue weighted by Gasteiger charge is -2.17. The van der Waals surface area contributed by atoms with E-state index >= 15 is 0 Å². The molecule has 1 atom stereocenters. The Balaban J connectivity index is 2.05. The molecule has 0 saturated carbocycles. The van der Waals surface area contributed by atoms with Crippen molar-refractivity contribution in [2.75, 3.05) is 6.54 Å². The third-order valence-electron chi connectivity index (χ3n) is 3.25. The number of hydrogen-bond acceptors (Lipinski definition) is 3. The Morgan fingerprint density at radius 2 is 2.16 bits per heavy atom. The molecule has 1 aromatic carbocycles. The van der Waals surface area contributed by atoms with Crippen molar-refractivity contribution in [3.63, 3.8) is 0 Å². The number of aromatic nitrogens is 1. The van der Waals surface area contributed by atoms with Gasteiger partial charge in [-0.2, -0.15) is 0 Å². The SMILES string of the molecule is CCNC(c1ccoc1)c1ccc2ncccc2c1. The smallest absolute Gasteiger partial charge is 0.0953 e. The third-order valence-corrected chi connectivity index (χ3v) is 3.25. The highest BCUT2D eigenvalue weighted by molar-refractivity contribution is 5.79. The number of rotatable bonds is 4. The molecular weight excluding hydrogens is 236 g/mol. The maximum Gasteiger partial charge on any atom is 0.0953 e. The molecule has 0 bridgehead atoms. The number of nitrogens with one attached hydrogen (secondary N) is 1. The third kappa shape index (κ3) is 2.37. The molecule has 3 aromatic rings. The zero-order chi connectivity index (χ0) is 13.1. The molecule has 0 saturated heterocycles. The van der Waals surface area contributed by atoms with Crippen molar-refractivity contribution in [2.45, 2.75) is 13.0 Å². The Bertz CT molecular complexity index is 661. The standard InChI is InChI=1S/C16H16N2O/c1-2-17-16(14-7-9-19-11-14)13-5-6-15-12(10-13)4-3-8-18-15/h3-11,16-17H,2H2,1H3. The van der Waals surface area contributed by atoms with Gasteiger partial charge in [-0.05, 0) is 36.4 Å². The van der Waals surface area contributed by atoms with Gasteiger partial charge in [0.05, 0.1) is 24.1 Å². The second kappa shape index (κ2) is 5.24. The van der Waals surface area contributed by atoms with Crippen molar-refractivity contribution in [1.29, 1.82) is 0 Å². The van der Waals surface area contributed by atoms with Gasteiger partial charge in [0.25, 0.3) is 0 Å². The van der Waals surface area contributed by atoms with Crippen LogP contribution in [0.2, 0.25) is 0 Å². The van der Waals surface area contributed by atoms with Gasteiger partial charge in [0.2, 0.25) is 0 Å². The van der Waals surface area contributed by atoms with Crippen LogP contribution in [-0.2, 0) is 0 Å². The van der Waals surface area contributed by atoms with Gasteiger partial charge >= 0.3 is 0 Å². The number of fused-ring (bicyclic) bond motifs is 1. The van der Waals surface area contributed by atoms with E-state index in [9.17, 15) is 0 Å². The maximum atomic E-state index is 5.20. The molecule has 0 amide bonds. The van der Waals surface area contributed by atoms with E-state index in [0.717, 1.165) is 23.0 Å². The van der Waals surface area contributed by atoms with E-state index in [1.165, 1.54) is 5.56 Å². The first-order chi connectivity index (χ1) is 9.38. The molecule has 0 aliphatic heterocycles. The fourth-order valence-electron chi connectivity index (χ4n) is 2.35. The van der Waals surface area contributed by atoms with Crippen LogP contribution >= 0.6 is 0 Å². The van der Waals surface area contributed by atoms with Crippen LogP contribution in [0, 0.1) is 0 Å². The van der Waals surface area contributed by atoms with Crippen LogP contribution in [0.3, 0.4) is 0 Å². The number of furan rings is 1. The molecular formula is C16H16N2O. The summed E-state index contributed by atoms with van der Waals surface area (Å²) >= 11 is 0. The zero-order valence-corrected chi connectivity index (χ0v) is 10.8. The highest BCUT2D eigenvalue weighted by atomic mass is 16.3. The summed E-state index contributed by atoms with van der Waals surface area (Å²) in [7, 11) is 0. The molecule has 3 rings (SSSR count). The second-order valence-electron chi connectivity index (χ2n) is 4.50. The summed E-state index contributed by atoms with van der Waals surface area (Å²) in [6, 6.07) is 12.6. The van der Waals surface area contributed by atoms with Gasteiger partial charge in [-0.1, -0.05) is 19.1 Å². The molecule has 0 spiro atoms. The Morgan fingerprint density at radius 3 is 2.95 bits per heavy atom. The first-order valence-electron chi connectivity index (χ1n) is 6.48. The lowest BCUT2D eigenvalue weighted by atomic mass is 9.99. The summed E-state index contributed by atoms with van der Waals surface area (Å²) in [5, 5.41) is 4.64. The fourth-order valence-corrected chi connectivity index (χ4v) is 2.35. The summed E-state index contributed by atoms with van der Waals surface area (Å²) in [4.78, 5) is 4.35. The first kappa shape index (κ1) is 11.9. The van der Waals surface area contributed by atoms with Crippen LogP contribution in [0.15, 0.2) is 59.5 Å². The van der Waals surface area contributed by atoms with E-state index in [2.05, 4.69) is 41.5 Å². The minimum atomic E-state index is 0.161. The van der Waals surface area contributed by atoms with Gasteiger partial charge in [-0.3, -0.25) is 4.98 Å². The lowest BCUT2D eigenvalue weighted by Crippen LogP contribution is -2.21. The highest BCUT2D eigenvalue weighted by Gasteiger charge is 2.14. The molecule has 1 N–H and O–H groups in total. The minimum absolute atomic E-state index is 0.161. The predicted molar refractivity (Wildman–Crippen MR) is 76.0 cm³/mol. The van der Waals surface area contributed by atoms with Crippen molar-refractivity contribution >= 4 is 10.9 Å². The van der Waals surface area contributed by atoms with Crippen LogP contribution in [-0.4, -0.2) is 11.5 Å². The summed E-state index contributed by atoms with van der Waals surface area (Å²) < 4.78 is 5.20. The van der Waals surface area contributed by atoms with Crippen molar-refractivity contribution < 1.29 is 4.42 Å².